The highest BCUT2D eigenvalue weighted by atomic mass is 16.5. The molecule has 0 saturated heterocycles. The van der Waals surface area contributed by atoms with Gasteiger partial charge in [-0.15, -0.1) is 0 Å². The van der Waals surface area contributed by atoms with Crippen LogP contribution in [0.2, 0.25) is 0 Å². The van der Waals surface area contributed by atoms with Gasteiger partial charge in [0.15, 0.2) is 5.76 Å². The Morgan fingerprint density at radius 3 is 2.04 bits per heavy atom. The summed E-state index contributed by atoms with van der Waals surface area (Å²) in [6.07, 6.45) is 0. The zero-order chi connectivity index (χ0) is 16.5. The molecule has 0 aliphatic heterocycles. The van der Waals surface area contributed by atoms with Crippen molar-refractivity contribution in [3.63, 3.8) is 0 Å². The van der Waals surface area contributed by atoms with Crippen molar-refractivity contribution in [1.82, 2.24) is 10.3 Å². The minimum absolute atomic E-state index is 0.761. The van der Waals surface area contributed by atoms with Crippen LogP contribution in [-0.2, 0) is 0 Å². The summed E-state index contributed by atoms with van der Waals surface area (Å²) in [5, 5.41) is 8.28. The Balaban J connectivity index is 1.70. The molecule has 0 spiro atoms. The summed E-state index contributed by atoms with van der Waals surface area (Å²) in [5.41, 5.74) is 5.80. The molecule has 0 fully saturated rings. The van der Waals surface area contributed by atoms with Crippen molar-refractivity contribution in [2.45, 2.75) is 13.8 Å². The lowest BCUT2D eigenvalue weighted by Crippen LogP contribution is -1.81. The SMILES string of the molecule is Cc1cccc(-c2cc(-c3cccc(-c4cc(C)on4)c3)no2)c1. The van der Waals surface area contributed by atoms with Gasteiger partial charge in [0, 0.05) is 28.8 Å². The van der Waals surface area contributed by atoms with Crippen molar-refractivity contribution < 1.29 is 9.05 Å². The van der Waals surface area contributed by atoms with E-state index in [1.165, 1.54) is 5.56 Å². The summed E-state index contributed by atoms with van der Waals surface area (Å²) in [7, 11) is 0. The summed E-state index contributed by atoms with van der Waals surface area (Å²) < 4.78 is 10.7. The molecule has 4 aromatic rings. The van der Waals surface area contributed by atoms with Crippen LogP contribution in [0.4, 0.5) is 0 Å². The Labute approximate surface area is 139 Å². The zero-order valence-corrected chi connectivity index (χ0v) is 13.5. The first-order chi connectivity index (χ1) is 11.7. The van der Waals surface area contributed by atoms with Gasteiger partial charge in [-0.25, -0.2) is 0 Å². The Morgan fingerprint density at radius 1 is 0.667 bits per heavy atom. The van der Waals surface area contributed by atoms with Crippen LogP contribution in [0.15, 0.2) is 69.7 Å². The van der Waals surface area contributed by atoms with Crippen molar-refractivity contribution in [2.24, 2.45) is 0 Å². The molecule has 0 saturated carbocycles. The van der Waals surface area contributed by atoms with Gasteiger partial charge < -0.3 is 9.05 Å². The lowest BCUT2D eigenvalue weighted by atomic mass is 10.0. The van der Waals surface area contributed by atoms with Gasteiger partial charge in [0.25, 0.3) is 0 Å². The predicted octanol–water partition coefficient (Wildman–Crippen LogP) is 5.28. The monoisotopic (exact) mass is 316 g/mol. The van der Waals surface area contributed by atoms with E-state index in [4.69, 9.17) is 9.05 Å². The fourth-order valence-corrected chi connectivity index (χ4v) is 2.69. The molecule has 0 atom stereocenters. The van der Waals surface area contributed by atoms with Crippen molar-refractivity contribution in [2.75, 3.05) is 0 Å². The Morgan fingerprint density at radius 2 is 1.33 bits per heavy atom. The van der Waals surface area contributed by atoms with Gasteiger partial charge in [-0.3, -0.25) is 0 Å². The van der Waals surface area contributed by atoms with E-state index in [1.807, 2.05) is 55.5 Å². The third-order valence-corrected chi connectivity index (χ3v) is 3.89. The van der Waals surface area contributed by atoms with E-state index in [0.29, 0.717) is 0 Å². The molecule has 4 heteroatoms. The Hall–Kier alpha value is -3.14. The summed E-state index contributed by atoms with van der Waals surface area (Å²) in [5.74, 6) is 1.55. The number of aryl methyl sites for hydroxylation is 2. The van der Waals surface area contributed by atoms with Crippen LogP contribution in [0.1, 0.15) is 11.3 Å². The number of hydrogen-bond acceptors (Lipinski definition) is 4. The molecule has 4 rings (SSSR count). The Kier molecular flexibility index (Phi) is 3.50. The molecule has 2 aromatic heterocycles. The van der Waals surface area contributed by atoms with Crippen LogP contribution in [0.3, 0.4) is 0 Å². The van der Waals surface area contributed by atoms with Gasteiger partial charge in [-0.05, 0) is 26.0 Å². The number of rotatable bonds is 3. The van der Waals surface area contributed by atoms with Crippen LogP contribution in [0.5, 0.6) is 0 Å². The van der Waals surface area contributed by atoms with Gasteiger partial charge in [0.1, 0.15) is 17.1 Å². The van der Waals surface area contributed by atoms with Crippen LogP contribution in [0.25, 0.3) is 33.8 Å². The van der Waals surface area contributed by atoms with E-state index in [0.717, 1.165) is 39.6 Å². The second-order valence-corrected chi connectivity index (χ2v) is 5.85. The standard InChI is InChI=1S/C20H16N2O2/c1-13-5-3-8-17(9-13)20-12-19(22-24-20)16-7-4-6-15(11-16)18-10-14(2)23-21-18/h3-12H,1-2H3. The number of benzene rings is 2. The topological polar surface area (TPSA) is 52.1 Å². The molecule has 0 aliphatic rings. The fourth-order valence-electron chi connectivity index (χ4n) is 2.69. The molecule has 0 aliphatic carbocycles. The maximum atomic E-state index is 5.53. The van der Waals surface area contributed by atoms with Crippen molar-refractivity contribution in [1.29, 1.82) is 0 Å². The van der Waals surface area contributed by atoms with E-state index < -0.39 is 0 Å². The first-order valence-corrected chi connectivity index (χ1v) is 7.77. The van der Waals surface area contributed by atoms with E-state index in [2.05, 4.69) is 29.4 Å². The van der Waals surface area contributed by atoms with Gasteiger partial charge >= 0.3 is 0 Å². The third-order valence-electron chi connectivity index (χ3n) is 3.89. The quantitative estimate of drug-likeness (QED) is 0.516. The highest BCUT2D eigenvalue weighted by Gasteiger charge is 2.11. The van der Waals surface area contributed by atoms with Crippen LogP contribution in [0, 0.1) is 13.8 Å². The molecular formula is C20H16N2O2. The van der Waals surface area contributed by atoms with Gasteiger partial charge in [0.05, 0.1) is 0 Å². The second-order valence-electron chi connectivity index (χ2n) is 5.85. The number of aromatic nitrogens is 2. The Bertz CT molecular complexity index is 998. The third kappa shape index (κ3) is 2.74. The number of hydrogen-bond donors (Lipinski definition) is 0. The lowest BCUT2D eigenvalue weighted by molar-refractivity contribution is 0.399. The molecule has 2 aromatic carbocycles. The molecule has 4 nitrogen and oxygen atoms in total. The molecule has 0 unspecified atom stereocenters. The average molecular weight is 316 g/mol. The minimum Gasteiger partial charge on any atom is -0.361 e. The van der Waals surface area contributed by atoms with Gasteiger partial charge in [0.2, 0.25) is 0 Å². The van der Waals surface area contributed by atoms with Crippen molar-refractivity contribution in [3.8, 4) is 33.8 Å². The summed E-state index contributed by atoms with van der Waals surface area (Å²) in [4.78, 5) is 0. The first kappa shape index (κ1) is 14.5. The fraction of sp³-hybridized carbons (Fsp3) is 0.100. The minimum atomic E-state index is 0.761. The van der Waals surface area contributed by atoms with E-state index in [1.54, 1.807) is 0 Å². The molecule has 118 valence electrons. The zero-order valence-electron chi connectivity index (χ0n) is 13.5. The number of nitrogens with zero attached hydrogens (tertiary/aromatic N) is 2. The maximum absolute atomic E-state index is 5.53. The highest BCUT2D eigenvalue weighted by molar-refractivity contribution is 5.72. The van der Waals surface area contributed by atoms with Crippen molar-refractivity contribution >= 4 is 0 Å². The predicted molar refractivity (Wildman–Crippen MR) is 92.3 cm³/mol. The average Bonchev–Trinajstić information content (AvgIpc) is 3.24. The molecular weight excluding hydrogens is 300 g/mol. The molecule has 0 bridgehead atoms. The molecule has 0 N–H and O–H groups in total. The van der Waals surface area contributed by atoms with Crippen LogP contribution >= 0.6 is 0 Å². The first-order valence-electron chi connectivity index (χ1n) is 7.77. The second kappa shape index (κ2) is 5.81. The van der Waals surface area contributed by atoms with E-state index in [9.17, 15) is 0 Å². The lowest BCUT2D eigenvalue weighted by Gasteiger charge is -1.99. The molecule has 24 heavy (non-hydrogen) atoms. The van der Waals surface area contributed by atoms with E-state index >= 15 is 0 Å². The van der Waals surface area contributed by atoms with Crippen LogP contribution in [-0.4, -0.2) is 10.3 Å². The van der Waals surface area contributed by atoms with Crippen LogP contribution < -0.4 is 0 Å². The summed E-state index contributed by atoms with van der Waals surface area (Å²) in [6, 6.07) is 20.1. The largest absolute Gasteiger partial charge is 0.361 e. The van der Waals surface area contributed by atoms with Gasteiger partial charge in [-0.2, -0.15) is 0 Å². The normalized spacial score (nSPS) is 10.9. The van der Waals surface area contributed by atoms with Gasteiger partial charge in [-0.1, -0.05) is 52.3 Å². The molecule has 0 amide bonds. The molecule has 2 heterocycles. The molecule has 0 radical (unpaired) electrons. The maximum Gasteiger partial charge on any atom is 0.167 e. The summed E-state index contributed by atoms with van der Waals surface area (Å²) in [6.45, 7) is 3.94. The van der Waals surface area contributed by atoms with E-state index in [-0.39, 0.29) is 0 Å². The smallest absolute Gasteiger partial charge is 0.167 e. The summed E-state index contributed by atoms with van der Waals surface area (Å²) >= 11 is 0. The highest BCUT2D eigenvalue weighted by Crippen LogP contribution is 2.29. The van der Waals surface area contributed by atoms with Crippen molar-refractivity contribution in [3.05, 3.63) is 72.0 Å².